The zero-order valence-electron chi connectivity index (χ0n) is 9.02. The van der Waals surface area contributed by atoms with Crippen molar-refractivity contribution >= 4 is 11.8 Å². The molecule has 0 saturated carbocycles. The van der Waals surface area contributed by atoms with Crippen molar-refractivity contribution in [3.8, 4) is 0 Å². The minimum atomic E-state index is 0.0978. The lowest BCUT2D eigenvalue weighted by atomic mass is 10.4. The maximum Gasteiger partial charge on any atom is 0.251 e. The molecule has 0 bridgehead atoms. The highest BCUT2D eigenvalue weighted by atomic mass is 16.3. The second-order valence-electron chi connectivity index (χ2n) is 3.27. The van der Waals surface area contributed by atoms with Crippen molar-refractivity contribution in [2.24, 2.45) is 10.7 Å². The molecule has 0 saturated heterocycles. The van der Waals surface area contributed by atoms with E-state index in [1.165, 1.54) is 13.0 Å². The third kappa shape index (κ3) is 3.76. The number of hydrogen-bond donors (Lipinski definition) is 2. The van der Waals surface area contributed by atoms with Gasteiger partial charge in [0.05, 0.1) is 5.76 Å². The summed E-state index contributed by atoms with van der Waals surface area (Å²) in [5, 5.41) is 8.97. The van der Waals surface area contributed by atoms with Crippen molar-refractivity contribution in [1.82, 2.24) is 9.97 Å². The zero-order chi connectivity index (χ0) is 11.4. The molecular weight excluding hydrogens is 192 g/mol. The van der Waals surface area contributed by atoms with Crippen LogP contribution in [-0.4, -0.2) is 20.9 Å². The molecule has 1 aromatic rings. The van der Waals surface area contributed by atoms with Gasteiger partial charge in [-0.15, -0.1) is 0 Å². The van der Waals surface area contributed by atoms with Crippen LogP contribution < -0.4 is 5.73 Å². The van der Waals surface area contributed by atoms with Crippen molar-refractivity contribution in [3.63, 3.8) is 0 Å². The molecule has 5 heteroatoms. The number of aryl methyl sites for hydroxylation is 2. The summed E-state index contributed by atoms with van der Waals surface area (Å²) in [6, 6.07) is 1.85. The molecule has 0 radical (unpaired) electrons. The summed E-state index contributed by atoms with van der Waals surface area (Å²) in [6.07, 6.45) is 1.35. The summed E-state index contributed by atoms with van der Waals surface area (Å²) in [6.45, 7) is 5.23. The number of aliphatic hydroxyl groups excluding tert-OH is 1. The van der Waals surface area contributed by atoms with Crippen LogP contribution in [0.25, 0.3) is 0 Å². The van der Waals surface area contributed by atoms with E-state index in [0.29, 0.717) is 5.95 Å². The molecule has 0 aliphatic rings. The van der Waals surface area contributed by atoms with Gasteiger partial charge in [0.15, 0.2) is 0 Å². The van der Waals surface area contributed by atoms with E-state index in [1.807, 2.05) is 19.9 Å². The van der Waals surface area contributed by atoms with Gasteiger partial charge >= 0.3 is 0 Å². The maximum atomic E-state index is 8.97. The van der Waals surface area contributed by atoms with E-state index >= 15 is 0 Å². The number of aliphatic hydroxyl groups is 1. The Morgan fingerprint density at radius 1 is 1.40 bits per heavy atom. The third-order valence-electron chi connectivity index (χ3n) is 1.56. The lowest BCUT2D eigenvalue weighted by Crippen LogP contribution is -2.08. The Morgan fingerprint density at radius 3 is 2.40 bits per heavy atom. The highest BCUT2D eigenvalue weighted by Crippen LogP contribution is 2.07. The van der Waals surface area contributed by atoms with Crippen molar-refractivity contribution in [2.45, 2.75) is 20.8 Å². The summed E-state index contributed by atoms with van der Waals surface area (Å²) in [5.41, 5.74) is 7.20. The fourth-order valence-corrected chi connectivity index (χ4v) is 1.12. The number of nitrogens with two attached hydrogens (primary N) is 1. The van der Waals surface area contributed by atoms with Gasteiger partial charge in [-0.2, -0.15) is 4.99 Å². The van der Waals surface area contributed by atoms with E-state index in [0.717, 1.165) is 11.4 Å². The molecule has 0 amide bonds. The number of nitrogens with zero attached hydrogens (tertiary/aromatic N) is 3. The Morgan fingerprint density at radius 2 is 1.93 bits per heavy atom. The predicted octanol–water partition coefficient (Wildman–Crippen LogP) is 1.54. The van der Waals surface area contributed by atoms with Crippen LogP contribution in [0.3, 0.4) is 0 Å². The normalized spacial score (nSPS) is 13.0. The molecule has 1 rings (SSSR count). The molecule has 0 aromatic carbocycles. The highest BCUT2D eigenvalue weighted by Gasteiger charge is 1.98. The smallest absolute Gasteiger partial charge is 0.251 e. The van der Waals surface area contributed by atoms with Crippen LogP contribution in [0.1, 0.15) is 18.3 Å². The quantitative estimate of drug-likeness (QED) is 0.436. The second-order valence-corrected chi connectivity index (χ2v) is 3.27. The first kappa shape index (κ1) is 11.2. The first-order valence-corrected chi connectivity index (χ1v) is 4.51. The fourth-order valence-electron chi connectivity index (χ4n) is 1.12. The van der Waals surface area contributed by atoms with E-state index in [9.17, 15) is 0 Å². The molecule has 80 valence electrons. The van der Waals surface area contributed by atoms with Gasteiger partial charge in [-0.25, -0.2) is 9.97 Å². The number of aliphatic imine (C=N–C) groups is 1. The number of amidine groups is 1. The molecule has 5 nitrogen and oxygen atoms in total. The number of rotatable bonds is 2. The highest BCUT2D eigenvalue weighted by molar-refractivity contribution is 5.93. The van der Waals surface area contributed by atoms with Gasteiger partial charge in [0.2, 0.25) is 0 Å². The monoisotopic (exact) mass is 206 g/mol. The standard InChI is InChI=1S/C10H14N4O/c1-6-4-7(2)13-10(12-6)14-9(11)5-8(3)15/h4-5,15H,1-3H3,(H2,11,12,13,14). The molecule has 1 heterocycles. The SMILES string of the molecule is CC(O)=CC(N)=Nc1nc(C)cc(C)n1. The van der Waals surface area contributed by atoms with Crippen LogP contribution in [0.4, 0.5) is 5.95 Å². The molecular formula is C10H14N4O. The molecule has 0 unspecified atom stereocenters. The Labute approximate surface area is 88.4 Å². The minimum absolute atomic E-state index is 0.0978. The fraction of sp³-hybridized carbons (Fsp3) is 0.300. The van der Waals surface area contributed by atoms with Gasteiger partial charge in [-0.1, -0.05) is 0 Å². The average Bonchev–Trinajstić information content (AvgIpc) is 1.98. The zero-order valence-corrected chi connectivity index (χ0v) is 9.02. The van der Waals surface area contributed by atoms with Crippen LogP contribution >= 0.6 is 0 Å². The first-order chi connectivity index (χ1) is 6.97. The van der Waals surface area contributed by atoms with Crippen molar-refractivity contribution < 1.29 is 5.11 Å². The van der Waals surface area contributed by atoms with Gasteiger partial charge in [0.1, 0.15) is 5.84 Å². The van der Waals surface area contributed by atoms with Gasteiger partial charge in [0, 0.05) is 17.5 Å². The maximum absolute atomic E-state index is 8.97. The molecule has 0 atom stereocenters. The summed E-state index contributed by atoms with van der Waals surface area (Å²) in [4.78, 5) is 12.1. The Hall–Kier alpha value is -1.91. The van der Waals surface area contributed by atoms with E-state index < -0.39 is 0 Å². The van der Waals surface area contributed by atoms with Gasteiger partial charge in [0.25, 0.3) is 5.95 Å². The largest absolute Gasteiger partial charge is 0.512 e. The van der Waals surface area contributed by atoms with Crippen LogP contribution in [0.15, 0.2) is 22.9 Å². The second kappa shape index (κ2) is 4.54. The van der Waals surface area contributed by atoms with Gasteiger partial charge in [-0.3, -0.25) is 0 Å². The van der Waals surface area contributed by atoms with Crippen molar-refractivity contribution in [3.05, 3.63) is 29.3 Å². The third-order valence-corrected chi connectivity index (χ3v) is 1.56. The van der Waals surface area contributed by atoms with Gasteiger partial charge in [-0.05, 0) is 26.8 Å². The summed E-state index contributed by atoms with van der Waals surface area (Å²) in [7, 11) is 0. The number of aromatic nitrogens is 2. The topological polar surface area (TPSA) is 84.4 Å². The lowest BCUT2D eigenvalue weighted by molar-refractivity contribution is 0.415. The summed E-state index contributed by atoms with van der Waals surface area (Å²) < 4.78 is 0. The predicted molar refractivity (Wildman–Crippen MR) is 59.2 cm³/mol. The van der Waals surface area contributed by atoms with E-state index in [1.54, 1.807) is 0 Å². The number of hydrogen-bond acceptors (Lipinski definition) is 4. The average molecular weight is 206 g/mol. The Balaban J connectivity index is 3.03. The summed E-state index contributed by atoms with van der Waals surface area (Å²) in [5.74, 6) is 0.586. The summed E-state index contributed by atoms with van der Waals surface area (Å²) >= 11 is 0. The van der Waals surface area contributed by atoms with Crippen molar-refractivity contribution in [1.29, 1.82) is 0 Å². The first-order valence-electron chi connectivity index (χ1n) is 4.51. The lowest BCUT2D eigenvalue weighted by Gasteiger charge is -1.98. The van der Waals surface area contributed by atoms with Crippen molar-refractivity contribution in [2.75, 3.05) is 0 Å². The molecule has 0 aliphatic heterocycles. The molecule has 0 aliphatic carbocycles. The van der Waals surface area contributed by atoms with E-state index in [-0.39, 0.29) is 11.6 Å². The van der Waals surface area contributed by atoms with E-state index in [2.05, 4.69) is 15.0 Å². The van der Waals surface area contributed by atoms with Gasteiger partial charge < -0.3 is 10.8 Å². The molecule has 0 spiro atoms. The molecule has 1 aromatic heterocycles. The Bertz CT molecular complexity index is 399. The Kier molecular flexibility index (Phi) is 3.38. The molecule has 0 fully saturated rings. The van der Waals surface area contributed by atoms with E-state index in [4.69, 9.17) is 10.8 Å². The van der Waals surface area contributed by atoms with Crippen LogP contribution in [-0.2, 0) is 0 Å². The molecule has 15 heavy (non-hydrogen) atoms. The molecule has 3 N–H and O–H groups in total. The minimum Gasteiger partial charge on any atom is -0.512 e. The number of allylic oxidation sites excluding steroid dienone is 1. The van der Waals surface area contributed by atoms with Crippen LogP contribution in [0, 0.1) is 13.8 Å². The van der Waals surface area contributed by atoms with Crippen LogP contribution in [0.2, 0.25) is 0 Å². The van der Waals surface area contributed by atoms with Crippen LogP contribution in [0.5, 0.6) is 0 Å².